The zero-order chi connectivity index (χ0) is 25.6. The van der Waals surface area contributed by atoms with E-state index in [1.54, 1.807) is 0 Å². The van der Waals surface area contributed by atoms with E-state index >= 15 is 0 Å². The monoisotopic (exact) mass is 580 g/mol. The van der Waals surface area contributed by atoms with Crippen molar-refractivity contribution in [2.45, 2.75) is 44.4 Å². The number of alkyl carbamates (subject to hydrolysis) is 1. The number of ether oxygens (including phenoxy) is 1. The molecule has 2 rings (SSSR count). The fraction of sp³-hybridized carbons (Fsp3) is 0.385. The standard InChI is InChI=1S/C26H32N2O6S.BrH/c1-35(2)18-21(29)14-9-15-22(25(31)32)27-24(30)23(16-19-10-5-3-6-11-19)28-26(33)34-17-20-12-7-4-8-13-20;/h3-8,10-13,22-23H,9,14-18H2,1-2H3,(H2-,27,28,30,31,32,33);1H. The number of aliphatic carboxylic acids is 1. The first-order valence-electron chi connectivity index (χ1n) is 11.3. The van der Waals surface area contributed by atoms with E-state index in [0.29, 0.717) is 12.2 Å². The van der Waals surface area contributed by atoms with Crippen LogP contribution in [0.5, 0.6) is 0 Å². The quantitative estimate of drug-likeness (QED) is 0.264. The molecule has 2 amide bonds. The van der Waals surface area contributed by atoms with Gasteiger partial charge in [0, 0.05) is 12.8 Å². The van der Waals surface area contributed by atoms with Crippen LogP contribution in [0, 0.1) is 0 Å². The minimum atomic E-state index is -1.19. The Bertz CT molecular complexity index is 975. The predicted octanol–water partition coefficient (Wildman–Crippen LogP) is -0.285. The first-order chi connectivity index (χ1) is 16.7. The van der Waals surface area contributed by atoms with Gasteiger partial charge in [-0.3, -0.25) is 9.59 Å². The molecule has 2 aromatic rings. The molecule has 8 nitrogen and oxygen atoms in total. The van der Waals surface area contributed by atoms with Gasteiger partial charge in [-0.2, -0.15) is 0 Å². The van der Waals surface area contributed by atoms with Crippen molar-refractivity contribution in [1.29, 1.82) is 0 Å². The Morgan fingerprint density at radius 3 is 2.03 bits per heavy atom. The summed E-state index contributed by atoms with van der Waals surface area (Å²) >= 11 is 0. The zero-order valence-corrected chi connectivity index (χ0v) is 22.8. The minimum absolute atomic E-state index is 0. The molecule has 36 heavy (non-hydrogen) atoms. The van der Waals surface area contributed by atoms with Crippen LogP contribution in [0.15, 0.2) is 60.7 Å². The number of carbonyl (C=O) groups excluding carboxylic acids is 3. The molecule has 10 heteroatoms. The Kier molecular flexibility index (Phi) is 14.5. The highest BCUT2D eigenvalue weighted by molar-refractivity contribution is 7.96. The summed E-state index contributed by atoms with van der Waals surface area (Å²) in [6.07, 6.45) is 4.06. The molecule has 0 saturated heterocycles. The zero-order valence-electron chi connectivity index (χ0n) is 20.4. The topological polar surface area (TPSA) is 122 Å². The summed E-state index contributed by atoms with van der Waals surface area (Å²) in [6.45, 7) is 0.0368. The molecule has 0 bridgehead atoms. The van der Waals surface area contributed by atoms with Crippen molar-refractivity contribution in [3.63, 3.8) is 0 Å². The normalized spacial score (nSPS) is 12.1. The molecular formula is C26H33BrN2O6S. The van der Waals surface area contributed by atoms with Crippen LogP contribution in [0.4, 0.5) is 4.79 Å². The van der Waals surface area contributed by atoms with Gasteiger partial charge in [0.15, 0.2) is 11.5 Å². The molecular weight excluding hydrogens is 548 g/mol. The summed E-state index contributed by atoms with van der Waals surface area (Å²) in [4.78, 5) is 49.1. The summed E-state index contributed by atoms with van der Waals surface area (Å²) in [7, 11) is -0.0112. The van der Waals surface area contributed by atoms with Crippen molar-refractivity contribution in [1.82, 2.24) is 10.6 Å². The summed E-state index contributed by atoms with van der Waals surface area (Å²) < 4.78 is 5.24. The highest BCUT2D eigenvalue weighted by atomic mass is 79.9. The molecule has 2 aromatic carbocycles. The lowest BCUT2D eigenvalue weighted by atomic mass is 10.0. The van der Waals surface area contributed by atoms with Crippen molar-refractivity contribution in [3.05, 3.63) is 71.8 Å². The SMILES string of the molecule is C[S+](C)CC(=O)CCCC(NC(=O)C(Cc1ccccc1)NC(=O)OCc1ccccc1)C(=O)O.[Br-]. The van der Waals surface area contributed by atoms with Gasteiger partial charge in [0.25, 0.3) is 0 Å². The molecule has 2 unspecified atom stereocenters. The number of Topliss-reactive ketones (excluding diaryl/α,β-unsaturated/α-hetero) is 1. The number of halogens is 1. The molecule has 196 valence electrons. The molecule has 0 aliphatic rings. The maximum Gasteiger partial charge on any atom is 0.408 e. The van der Waals surface area contributed by atoms with Gasteiger partial charge in [-0.25, -0.2) is 9.59 Å². The fourth-order valence-electron chi connectivity index (χ4n) is 3.39. The number of nitrogens with one attached hydrogen (secondary N) is 2. The predicted molar refractivity (Wildman–Crippen MR) is 136 cm³/mol. The maximum absolute atomic E-state index is 13.0. The van der Waals surface area contributed by atoms with E-state index in [-0.39, 0.29) is 59.5 Å². The summed E-state index contributed by atoms with van der Waals surface area (Å²) in [5, 5.41) is 14.7. The largest absolute Gasteiger partial charge is 1.00 e. The van der Waals surface area contributed by atoms with Crippen LogP contribution in [0.2, 0.25) is 0 Å². The number of carboxylic acid groups (broad SMARTS) is 1. The molecule has 0 radical (unpaired) electrons. The van der Waals surface area contributed by atoms with Crippen molar-refractivity contribution in [2.24, 2.45) is 0 Å². The molecule has 0 spiro atoms. The third-order valence-electron chi connectivity index (χ3n) is 5.12. The second-order valence-electron chi connectivity index (χ2n) is 8.41. The summed E-state index contributed by atoms with van der Waals surface area (Å²) in [6, 6.07) is 16.0. The fourth-order valence-corrected chi connectivity index (χ4v) is 4.18. The average Bonchev–Trinajstić information content (AvgIpc) is 2.82. The van der Waals surface area contributed by atoms with Gasteiger partial charge in [0.1, 0.15) is 18.7 Å². The lowest BCUT2D eigenvalue weighted by Crippen LogP contribution is -3.00. The van der Waals surface area contributed by atoms with Crippen LogP contribution in [0.1, 0.15) is 30.4 Å². The van der Waals surface area contributed by atoms with Gasteiger partial charge in [0.2, 0.25) is 5.91 Å². The number of amides is 2. The molecule has 0 fully saturated rings. The Labute approximate surface area is 225 Å². The third-order valence-corrected chi connectivity index (χ3v) is 6.02. The highest BCUT2D eigenvalue weighted by Crippen LogP contribution is 2.08. The van der Waals surface area contributed by atoms with Crippen molar-refractivity contribution in [2.75, 3.05) is 18.3 Å². The Morgan fingerprint density at radius 1 is 0.889 bits per heavy atom. The number of carboxylic acids is 1. The van der Waals surface area contributed by atoms with E-state index in [4.69, 9.17) is 4.74 Å². The van der Waals surface area contributed by atoms with Crippen molar-refractivity contribution >= 4 is 34.6 Å². The van der Waals surface area contributed by atoms with E-state index in [9.17, 15) is 24.3 Å². The van der Waals surface area contributed by atoms with Gasteiger partial charge in [0.05, 0.1) is 12.5 Å². The summed E-state index contributed by atoms with van der Waals surface area (Å²) in [5.41, 5.74) is 1.59. The van der Waals surface area contributed by atoms with E-state index < -0.39 is 30.1 Å². The molecule has 0 saturated carbocycles. The number of ketones is 1. The molecule has 2 atom stereocenters. The van der Waals surface area contributed by atoms with Crippen LogP contribution < -0.4 is 27.6 Å². The second kappa shape index (κ2) is 16.8. The van der Waals surface area contributed by atoms with Crippen LogP contribution in [0.3, 0.4) is 0 Å². The smallest absolute Gasteiger partial charge is 0.408 e. The van der Waals surface area contributed by atoms with Crippen molar-refractivity contribution < 1.29 is 46.0 Å². The lowest BCUT2D eigenvalue weighted by molar-refractivity contribution is -0.142. The lowest BCUT2D eigenvalue weighted by Gasteiger charge is -2.21. The van der Waals surface area contributed by atoms with Gasteiger partial charge >= 0.3 is 12.1 Å². The van der Waals surface area contributed by atoms with Crippen LogP contribution >= 0.6 is 0 Å². The Balaban J connectivity index is 0.00000648. The van der Waals surface area contributed by atoms with Crippen LogP contribution in [-0.2, 0) is 43.0 Å². The average molecular weight is 582 g/mol. The highest BCUT2D eigenvalue weighted by Gasteiger charge is 2.27. The summed E-state index contributed by atoms with van der Waals surface area (Å²) in [5.74, 6) is -1.27. The van der Waals surface area contributed by atoms with E-state index in [1.165, 1.54) is 0 Å². The molecule has 0 aromatic heterocycles. The maximum atomic E-state index is 13.0. The number of hydrogen-bond acceptors (Lipinski definition) is 5. The van der Waals surface area contributed by atoms with Gasteiger partial charge < -0.3 is 37.5 Å². The van der Waals surface area contributed by atoms with Crippen LogP contribution in [0.25, 0.3) is 0 Å². The molecule has 0 heterocycles. The Hall–Kier alpha value is -2.85. The number of carbonyl (C=O) groups is 4. The van der Waals surface area contributed by atoms with Crippen LogP contribution in [-0.4, -0.2) is 59.2 Å². The second-order valence-corrected chi connectivity index (χ2v) is 10.7. The van der Waals surface area contributed by atoms with E-state index in [2.05, 4.69) is 10.6 Å². The minimum Gasteiger partial charge on any atom is -1.00 e. The van der Waals surface area contributed by atoms with Gasteiger partial charge in [-0.05, 0) is 34.9 Å². The first-order valence-corrected chi connectivity index (χ1v) is 13.6. The number of rotatable bonds is 14. The van der Waals surface area contributed by atoms with Gasteiger partial charge in [-0.1, -0.05) is 60.7 Å². The van der Waals surface area contributed by atoms with Gasteiger partial charge in [-0.15, -0.1) is 0 Å². The van der Waals surface area contributed by atoms with Crippen molar-refractivity contribution in [3.8, 4) is 0 Å². The van der Waals surface area contributed by atoms with E-state index in [0.717, 1.165) is 11.1 Å². The molecule has 0 aliphatic heterocycles. The number of hydrogen-bond donors (Lipinski definition) is 3. The molecule has 0 aliphatic carbocycles. The Morgan fingerprint density at radius 2 is 1.47 bits per heavy atom. The van der Waals surface area contributed by atoms with E-state index in [1.807, 2.05) is 73.2 Å². The molecule has 3 N–H and O–H groups in total. The number of benzene rings is 2. The third kappa shape index (κ3) is 12.2. The first kappa shape index (κ1) is 31.2.